The Hall–Kier alpha value is -1.11. The van der Waals surface area contributed by atoms with Crippen molar-refractivity contribution in [3.8, 4) is 0 Å². The highest BCUT2D eigenvalue weighted by molar-refractivity contribution is 7.91. The molecule has 0 aromatic carbocycles. The normalized spacial score (nSPS) is 19.2. The number of amides is 1. The molecule has 0 radical (unpaired) electrons. The molecule has 0 bridgehead atoms. The van der Waals surface area contributed by atoms with Crippen molar-refractivity contribution in [2.75, 3.05) is 24.6 Å². The van der Waals surface area contributed by atoms with Gasteiger partial charge in [0.1, 0.15) is 0 Å². The topological polar surface area (TPSA) is 91.8 Å². The van der Waals surface area contributed by atoms with Gasteiger partial charge in [0, 0.05) is 19.5 Å². The summed E-state index contributed by atoms with van der Waals surface area (Å²) in [6, 6.07) is 0. The average molecular weight is 291 g/mol. The van der Waals surface area contributed by atoms with Crippen molar-refractivity contribution in [1.82, 2.24) is 4.90 Å². The second-order valence-electron chi connectivity index (χ2n) is 5.00. The van der Waals surface area contributed by atoms with Gasteiger partial charge in [-0.15, -0.1) is 0 Å². The Balaban J connectivity index is 2.71. The summed E-state index contributed by atoms with van der Waals surface area (Å²) in [6.45, 7) is 3.85. The quantitative estimate of drug-likeness (QED) is 0.797. The molecule has 19 heavy (non-hydrogen) atoms. The minimum absolute atomic E-state index is 0.0307. The van der Waals surface area contributed by atoms with E-state index >= 15 is 0 Å². The molecule has 0 aromatic heterocycles. The Morgan fingerprint density at radius 3 is 2.00 bits per heavy atom. The van der Waals surface area contributed by atoms with E-state index in [-0.39, 0.29) is 36.9 Å². The second-order valence-corrected chi connectivity index (χ2v) is 7.31. The number of carboxylic acids is 1. The zero-order valence-electron chi connectivity index (χ0n) is 11.4. The van der Waals surface area contributed by atoms with Gasteiger partial charge >= 0.3 is 5.97 Å². The lowest BCUT2D eigenvalue weighted by molar-refractivity contribution is -0.154. The maximum absolute atomic E-state index is 12.1. The molecule has 7 heteroatoms. The number of carbonyl (C=O) groups is 2. The minimum Gasteiger partial charge on any atom is -0.481 e. The van der Waals surface area contributed by atoms with Gasteiger partial charge in [-0.1, -0.05) is 13.8 Å². The third-order valence-electron chi connectivity index (χ3n) is 3.99. The first-order valence-electron chi connectivity index (χ1n) is 6.48. The largest absolute Gasteiger partial charge is 0.481 e. The predicted molar refractivity (Wildman–Crippen MR) is 70.5 cm³/mol. The van der Waals surface area contributed by atoms with Gasteiger partial charge in [-0.25, -0.2) is 8.42 Å². The first kappa shape index (κ1) is 15.9. The van der Waals surface area contributed by atoms with Crippen molar-refractivity contribution in [2.24, 2.45) is 5.41 Å². The third kappa shape index (κ3) is 3.68. The molecule has 1 aliphatic rings. The van der Waals surface area contributed by atoms with Gasteiger partial charge in [-0.2, -0.15) is 0 Å². The van der Waals surface area contributed by atoms with Gasteiger partial charge in [0.15, 0.2) is 9.84 Å². The van der Waals surface area contributed by atoms with Crippen LogP contribution in [0.2, 0.25) is 0 Å². The number of carbonyl (C=O) groups excluding carboxylic acids is 1. The third-order valence-corrected chi connectivity index (χ3v) is 5.60. The molecular weight excluding hydrogens is 270 g/mol. The highest BCUT2D eigenvalue weighted by Gasteiger charge is 2.39. The lowest BCUT2D eigenvalue weighted by Gasteiger charge is -2.32. The molecule has 0 aliphatic carbocycles. The molecule has 0 aromatic rings. The van der Waals surface area contributed by atoms with Crippen LogP contribution >= 0.6 is 0 Å². The molecule has 1 rings (SSSR count). The molecule has 6 nitrogen and oxygen atoms in total. The maximum Gasteiger partial charge on any atom is 0.310 e. The Morgan fingerprint density at radius 2 is 1.63 bits per heavy atom. The van der Waals surface area contributed by atoms with Gasteiger partial charge in [0.25, 0.3) is 0 Å². The van der Waals surface area contributed by atoms with Gasteiger partial charge in [0.05, 0.1) is 16.9 Å². The molecular formula is C12H21NO5S. The molecule has 1 amide bonds. The van der Waals surface area contributed by atoms with Crippen molar-refractivity contribution >= 4 is 21.7 Å². The molecule has 0 atom stereocenters. The SMILES string of the molecule is CCC(CC)(CC(=O)N1CCS(=O)(=O)CC1)C(=O)O. The summed E-state index contributed by atoms with van der Waals surface area (Å²) in [5.41, 5.74) is -1.03. The molecule has 1 heterocycles. The van der Waals surface area contributed by atoms with E-state index in [1.165, 1.54) is 4.90 Å². The van der Waals surface area contributed by atoms with Crippen LogP contribution in [0.3, 0.4) is 0 Å². The summed E-state index contributed by atoms with van der Waals surface area (Å²) >= 11 is 0. The fraction of sp³-hybridized carbons (Fsp3) is 0.833. The van der Waals surface area contributed by atoms with Crippen LogP contribution in [0, 0.1) is 5.41 Å². The minimum atomic E-state index is -3.03. The van der Waals surface area contributed by atoms with Gasteiger partial charge in [-0.05, 0) is 12.8 Å². The first-order chi connectivity index (χ1) is 8.76. The van der Waals surface area contributed by atoms with E-state index in [9.17, 15) is 23.1 Å². The van der Waals surface area contributed by atoms with Crippen molar-refractivity contribution in [3.63, 3.8) is 0 Å². The van der Waals surface area contributed by atoms with E-state index in [1.807, 2.05) is 0 Å². The summed E-state index contributed by atoms with van der Waals surface area (Å²) in [6.07, 6.45) is 0.711. The lowest BCUT2D eigenvalue weighted by Crippen LogP contribution is -2.46. The van der Waals surface area contributed by atoms with Gasteiger partial charge in [-0.3, -0.25) is 9.59 Å². The van der Waals surface area contributed by atoms with Crippen LogP contribution in [0.5, 0.6) is 0 Å². The first-order valence-corrected chi connectivity index (χ1v) is 8.30. The van der Waals surface area contributed by atoms with E-state index in [2.05, 4.69) is 0 Å². The van der Waals surface area contributed by atoms with Crippen LogP contribution < -0.4 is 0 Å². The summed E-state index contributed by atoms with van der Waals surface area (Å²) in [7, 11) is -3.03. The van der Waals surface area contributed by atoms with Crippen molar-refractivity contribution < 1.29 is 23.1 Å². The molecule has 0 spiro atoms. The molecule has 1 aliphatic heterocycles. The Bertz CT molecular complexity index is 439. The number of hydrogen-bond acceptors (Lipinski definition) is 4. The standard InChI is InChI=1S/C12H21NO5S/c1-3-12(4-2,11(15)16)9-10(14)13-5-7-19(17,18)8-6-13/h3-9H2,1-2H3,(H,15,16). The monoisotopic (exact) mass is 291 g/mol. The predicted octanol–water partition coefficient (Wildman–Crippen LogP) is 0.524. The number of rotatable bonds is 5. The molecule has 1 N–H and O–H groups in total. The van der Waals surface area contributed by atoms with Gasteiger partial charge in [0.2, 0.25) is 5.91 Å². The van der Waals surface area contributed by atoms with E-state index in [1.54, 1.807) is 13.8 Å². The Labute approximate surface area is 113 Å². The summed E-state index contributed by atoms with van der Waals surface area (Å²) in [5, 5.41) is 9.29. The summed E-state index contributed by atoms with van der Waals surface area (Å²) in [5.74, 6) is -1.29. The second kappa shape index (κ2) is 5.90. The van der Waals surface area contributed by atoms with E-state index in [0.717, 1.165) is 0 Å². The fourth-order valence-electron chi connectivity index (χ4n) is 2.24. The number of aliphatic carboxylic acids is 1. The fourth-order valence-corrected chi connectivity index (χ4v) is 3.44. The number of nitrogens with zero attached hydrogens (tertiary/aromatic N) is 1. The zero-order valence-corrected chi connectivity index (χ0v) is 12.2. The van der Waals surface area contributed by atoms with Crippen LogP contribution in [0.25, 0.3) is 0 Å². The smallest absolute Gasteiger partial charge is 0.310 e. The van der Waals surface area contributed by atoms with Crippen LogP contribution in [0.4, 0.5) is 0 Å². The number of carboxylic acid groups (broad SMARTS) is 1. The summed E-state index contributed by atoms with van der Waals surface area (Å²) < 4.78 is 22.6. The highest BCUT2D eigenvalue weighted by atomic mass is 32.2. The molecule has 0 saturated carbocycles. The highest BCUT2D eigenvalue weighted by Crippen LogP contribution is 2.31. The number of hydrogen-bond donors (Lipinski definition) is 1. The van der Waals surface area contributed by atoms with Gasteiger partial charge < -0.3 is 10.0 Å². The molecule has 1 saturated heterocycles. The maximum atomic E-state index is 12.1. The van der Waals surface area contributed by atoms with Crippen molar-refractivity contribution in [3.05, 3.63) is 0 Å². The number of sulfone groups is 1. The van der Waals surface area contributed by atoms with Crippen LogP contribution in [-0.4, -0.2) is 54.9 Å². The molecule has 0 unspecified atom stereocenters. The Kier molecular flexibility index (Phi) is 4.95. The van der Waals surface area contributed by atoms with E-state index in [0.29, 0.717) is 12.8 Å². The van der Waals surface area contributed by atoms with Crippen LogP contribution in [0.1, 0.15) is 33.1 Å². The van der Waals surface area contributed by atoms with Crippen LogP contribution in [-0.2, 0) is 19.4 Å². The van der Waals surface area contributed by atoms with E-state index < -0.39 is 21.2 Å². The summed E-state index contributed by atoms with van der Waals surface area (Å²) in [4.78, 5) is 24.9. The van der Waals surface area contributed by atoms with E-state index in [4.69, 9.17) is 0 Å². The van der Waals surface area contributed by atoms with Crippen LogP contribution in [0.15, 0.2) is 0 Å². The average Bonchev–Trinajstić information content (AvgIpc) is 2.35. The van der Waals surface area contributed by atoms with Crippen molar-refractivity contribution in [1.29, 1.82) is 0 Å². The molecule has 1 fully saturated rings. The lowest BCUT2D eigenvalue weighted by atomic mass is 9.79. The zero-order chi connectivity index (χ0) is 14.7. The van der Waals surface area contributed by atoms with Crippen molar-refractivity contribution in [2.45, 2.75) is 33.1 Å². The Morgan fingerprint density at radius 1 is 1.16 bits per heavy atom. The molecule has 110 valence electrons.